The van der Waals surface area contributed by atoms with Crippen molar-refractivity contribution in [3.8, 4) is 5.75 Å². The molecule has 0 bridgehead atoms. The first-order valence-corrected chi connectivity index (χ1v) is 12.1. The van der Waals surface area contributed by atoms with Gasteiger partial charge in [-0.1, -0.05) is 13.8 Å². The second kappa shape index (κ2) is 13.8. The van der Waals surface area contributed by atoms with Gasteiger partial charge in [-0.2, -0.15) is 0 Å². The van der Waals surface area contributed by atoms with Crippen molar-refractivity contribution in [1.29, 1.82) is 0 Å². The number of esters is 1. The van der Waals surface area contributed by atoms with Crippen molar-refractivity contribution in [3.63, 3.8) is 0 Å². The van der Waals surface area contributed by atoms with Crippen LogP contribution in [0.25, 0.3) is 0 Å². The van der Waals surface area contributed by atoms with E-state index in [2.05, 4.69) is 9.83 Å². The first kappa shape index (κ1) is 24.7. The number of hydrogen-bond donors (Lipinski definition) is 0. The van der Waals surface area contributed by atoms with Gasteiger partial charge < -0.3 is 0 Å². The van der Waals surface area contributed by atoms with Gasteiger partial charge in [-0.15, -0.1) is 0 Å². The summed E-state index contributed by atoms with van der Waals surface area (Å²) >= 11 is -0.284. The number of alkyl halides is 2. The summed E-state index contributed by atoms with van der Waals surface area (Å²) in [5.74, 6) is 0.204. The van der Waals surface area contributed by atoms with E-state index in [4.69, 9.17) is 9.47 Å². The summed E-state index contributed by atoms with van der Waals surface area (Å²) in [5.41, 5.74) is 0.930. The summed E-state index contributed by atoms with van der Waals surface area (Å²) in [4.78, 5) is 28.9. The summed E-state index contributed by atoms with van der Waals surface area (Å²) in [6.07, 6.45) is 0.517. The molecule has 1 unspecified atom stereocenters. The van der Waals surface area contributed by atoms with Crippen LogP contribution in [0.3, 0.4) is 0 Å². The summed E-state index contributed by atoms with van der Waals surface area (Å²) in [6.45, 7) is 6.97. The Bertz CT molecular complexity index is 535. The molecule has 0 aromatic heterocycles. The van der Waals surface area contributed by atoms with Gasteiger partial charge in [0.2, 0.25) is 0 Å². The number of amides is 1. The number of carbonyl (C=O) groups excluding carboxylic acids is 2. The molecule has 1 amide bonds. The maximum absolute atomic E-state index is 12.0. The third kappa shape index (κ3) is 9.96. The number of hydrogen-bond acceptors (Lipinski definition) is 5. The summed E-state index contributed by atoms with van der Waals surface area (Å²) in [6, 6.07) is 7.14. The number of nitrogens with zero attached hydrogens (tertiary/aromatic N) is 2. The topological polar surface area (TPSA) is 59.1 Å². The van der Waals surface area contributed by atoms with Crippen LogP contribution in [0.5, 0.6) is 5.75 Å². The van der Waals surface area contributed by atoms with E-state index in [-0.39, 0.29) is 37.4 Å². The van der Waals surface area contributed by atoms with E-state index in [1.165, 1.54) is 6.92 Å². The molecule has 0 heterocycles. The molecule has 1 atom stereocenters. The van der Waals surface area contributed by atoms with Crippen LogP contribution in [0.4, 0.5) is 4.79 Å². The zero-order valence-corrected chi connectivity index (χ0v) is 19.1. The Labute approximate surface area is 168 Å². The van der Waals surface area contributed by atoms with E-state index in [1.54, 1.807) is 24.1 Å². The van der Waals surface area contributed by atoms with Crippen molar-refractivity contribution in [2.75, 3.05) is 39.2 Å². The van der Waals surface area contributed by atoms with Gasteiger partial charge in [-0.05, 0) is 14.1 Å². The molecule has 0 fully saturated rings. The first-order chi connectivity index (χ1) is 12.3. The zero-order valence-electron chi connectivity index (χ0n) is 16.9. The molecule has 0 N–H and O–H groups in total. The molecule has 0 saturated carbocycles. The van der Waals surface area contributed by atoms with Gasteiger partial charge in [0.25, 0.3) is 0 Å². The predicted octanol–water partition coefficient (Wildman–Crippen LogP) is 0.376. The Morgan fingerprint density at radius 2 is 1.65 bits per heavy atom. The molecule has 0 aliphatic carbocycles. The van der Waals surface area contributed by atoms with Gasteiger partial charge in [0.1, 0.15) is 0 Å². The molecular weight excluding hydrogens is 447 g/mol. The molecular formula is C19H32IN2O4-. The van der Waals surface area contributed by atoms with Gasteiger partial charge in [0.15, 0.2) is 0 Å². The van der Waals surface area contributed by atoms with Crippen LogP contribution in [-0.4, -0.2) is 61.0 Å². The van der Waals surface area contributed by atoms with E-state index in [0.29, 0.717) is 12.3 Å². The second-order valence-electron chi connectivity index (χ2n) is 5.66. The molecule has 26 heavy (non-hydrogen) atoms. The standard InChI is InChI=1S/C17H26IN2O4.C2H6/c1-13(21)23-16(18-2)14-7-9-15(10-8-14)24-17(22)20(5)12-6-11-19(3)4;1-2/h7-10,16H,6,11-12H2,1-5H3;1-2H3/q-1;. The van der Waals surface area contributed by atoms with Crippen LogP contribution >= 0.6 is 0 Å². The van der Waals surface area contributed by atoms with Crippen LogP contribution in [0.15, 0.2) is 24.3 Å². The van der Waals surface area contributed by atoms with Crippen LogP contribution in [0, 0.1) is 0 Å². The molecule has 1 rings (SSSR count). The predicted molar refractivity (Wildman–Crippen MR) is 100 cm³/mol. The van der Waals surface area contributed by atoms with Gasteiger partial charge in [-0.3, -0.25) is 0 Å². The van der Waals surface area contributed by atoms with E-state index < -0.39 is 0 Å². The fourth-order valence-electron chi connectivity index (χ4n) is 1.97. The van der Waals surface area contributed by atoms with Crippen molar-refractivity contribution < 1.29 is 40.3 Å². The van der Waals surface area contributed by atoms with Crippen molar-refractivity contribution in [1.82, 2.24) is 9.80 Å². The Morgan fingerprint density at radius 1 is 1.08 bits per heavy atom. The number of ether oxygens (including phenoxy) is 2. The van der Waals surface area contributed by atoms with Crippen LogP contribution in [-0.2, 0) is 9.53 Å². The third-order valence-electron chi connectivity index (χ3n) is 3.23. The van der Waals surface area contributed by atoms with Crippen LogP contribution in [0.2, 0.25) is 0 Å². The average Bonchev–Trinajstić information content (AvgIpc) is 2.61. The first-order valence-electron chi connectivity index (χ1n) is 8.66. The van der Waals surface area contributed by atoms with E-state index in [1.807, 2.05) is 40.1 Å². The number of benzene rings is 1. The Kier molecular flexibility index (Phi) is 13.1. The van der Waals surface area contributed by atoms with Gasteiger partial charge in [0.05, 0.1) is 0 Å². The van der Waals surface area contributed by atoms with Crippen molar-refractivity contribution in [2.24, 2.45) is 0 Å². The van der Waals surface area contributed by atoms with Crippen molar-refractivity contribution in [2.45, 2.75) is 31.3 Å². The maximum atomic E-state index is 12.0. The molecule has 1 aromatic rings. The van der Waals surface area contributed by atoms with E-state index in [0.717, 1.165) is 18.5 Å². The van der Waals surface area contributed by atoms with Gasteiger partial charge >= 0.3 is 140 Å². The molecule has 1 aromatic carbocycles. The van der Waals surface area contributed by atoms with E-state index in [9.17, 15) is 9.59 Å². The molecule has 150 valence electrons. The van der Waals surface area contributed by atoms with Crippen LogP contribution < -0.4 is 25.9 Å². The minimum atomic E-state index is -0.374. The normalized spacial score (nSPS) is 11.4. The SMILES string of the molecule is CC.C[I-]C(OC(C)=O)c1ccc(OC(=O)N(C)CCCN(C)C)cc1. The van der Waals surface area contributed by atoms with E-state index >= 15 is 0 Å². The fraction of sp³-hybridized carbons (Fsp3) is 0.579. The number of rotatable bonds is 8. The molecule has 0 aliphatic rings. The molecule has 0 radical (unpaired) electrons. The quantitative estimate of drug-likeness (QED) is 0.307. The van der Waals surface area contributed by atoms with Crippen LogP contribution in [0.1, 0.15) is 36.9 Å². The molecule has 0 spiro atoms. The third-order valence-corrected chi connectivity index (χ3v) is 5.33. The van der Waals surface area contributed by atoms with Crippen molar-refractivity contribution in [3.05, 3.63) is 29.8 Å². The van der Waals surface area contributed by atoms with Gasteiger partial charge in [-0.25, -0.2) is 0 Å². The summed E-state index contributed by atoms with van der Waals surface area (Å²) in [7, 11) is 5.73. The molecule has 0 aliphatic heterocycles. The number of carbonyl (C=O) groups is 2. The summed E-state index contributed by atoms with van der Waals surface area (Å²) in [5, 5.41) is 0. The summed E-state index contributed by atoms with van der Waals surface area (Å²) < 4.78 is 10.5. The van der Waals surface area contributed by atoms with Gasteiger partial charge in [0, 0.05) is 0 Å². The Balaban J connectivity index is 0.00000301. The molecule has 6 nitrogen and oxygen atoms in total. The minimum absolute atomic E-state index is 0.167. The molecule has 7 heteroatoms. The molecule has 0 saturated heterocycles. The Hall–Kier alpha value is -1.35. The zero-order chi connectivity index (χ0) is 20.1. The Morgan fingerprint density at radius 3 is 2.12 bits per heavy atom. The van der Waals surface area contributed by atoms with Crippen molar-refractivity contribution >= 4 is 12.1 Å². The second-order valence-corrected chi connectivity index (χ2v) is 8.04. The monoisotopic (exact) mass is 479 g/mol. The number of halogens is 1. The average molecular weight is 479 g/mol. The fourth-order valence-corrected chi connectivity index (χ4v) is 3.71.